The van der Waals surface area contributed by atoms with Crippen molar-refractivity contribution in [2.45, 2.75) is 18.8 Å². The number of carbonyl (C=O) groups excluding carboxylic acids is 1. The first kappa shape index (κ1) is 17.8. The minimum absolute atomic E-state index is 0.000646. The molecule has 142 valence electrons. The normalized spacial score (nSPS) is 17.0. The van der Waals surface area contributed by atoms with Gasteiger partial charge in [-0.05, 0) is 31.1 Å². The first-order chi connectivity index (χ1) is 13.8. The number of pyridine rings is 1. The van der Waals surface area contributed by atoms with Crippen molar-refractivity contribution in [2.75, 3.05) is 18.4 Å². The molecule has 0 spiro atoms. The molecular weight excluding hydrogens is 354 g/mol. The molecule has 1 aliphatic heterocycles. The molecule has 0 bridgehead atoms. The Labute approximate surface area is 162 Å². The standard InChI is InChI=1S/C20H21N7O/c28-20(7-6-16-10-21-14-25-16)27-9-3-4-15(13-27)17-11-24-19(12-23-17)26-18-5-1-2-8-22-18/h1-2,5-8,10-12,14-15H,3-4,9,13H2,(H,21,25)(H,22,24,26)/b7-6+. The average Bonchev–Trinajstić information content (AvgIpc) is 3.27. The Morgan fingerprint density at radius 1 is 1.18 bits per heavy atom. The van der Waals surface area contributed by atoms with Gasteiger partial charge in [0.1, 0.15) is 11.6 Å². The van der Waals surface area contributed by atoms with Crippen LogP contribution in [0.2, 0.25) is 0 Å². The zero-order valence-corrected chi connectivity index (χ0v) is 15.3. The Kier molecular flexibility index (Phi) is 5.37. The lowest BCUT2D eigenvalue weighted by Crippen LogP contribution is -2.38. The molecule has 4 rings (SSSR count). The average molecular weight is 375 g/mol. The maximum Gasteiger partial charge on any atom is 0.246 e. The van der Waals surface area contributed by atoms with Crippen LogP contribution in [-0.2, 0) is 4.79 Å². The second kappa shape index (κ2) is 8.43. The highest BCUT2D eigenvalue weighted by Gasteiger charge is 2.24. The summed E-state index contributed by atoms with van der Waals surface area (Å²) >= 11 is 0. The van der Waals surface area contributed by atoms with Crippen molar-refractivity contribution in [3.63, 3.8) is 0 Å². The van der Waals surface area contributed by atoms with Crippen LogP contribution in [0, 0.1) is 0 Å². The van der Waals surface area contributed by atoms with Crippen LogP contribution in [0.5, 0.6) is 0 Å². The summed E-state index contributed by atoms with van der Waals surface area (Å²) in [4.78, 5) is 34.5. The van der Waals surface area contributed by atoms with E-state index in [2.05, 4.69) is 30.2 Å². The summed E-state index contributed by atoms with van der Waals surface area (Å²) in [6, 6.07) is 5.64. The highest BCUT2D eigenvalue weighted by atomic mass is 16.2. The fourth-order valence-corrected chi connectivity index (χ4v) is 3.22. The van der Waals surface area contributed by atoms with Crippen molar-refractivity contribution in [2.24, 2.45) is 0 Å². The molecule has 0 aliphatic carbocycles. The van der Waals surface area contributed by atoms with Gasteiger partial charge in [0.25, 0.3) is 0 Å². The van der Waals surface area contributed by atoms with E-state index in [1.54, 1.807) is 43.3 Å². The van der Waals surface area contributed by atoms with E-state index in [1.165, 1.54) is 0 Å². The third kappa shape index (κ3) is 4.40. The van der Waals surface area contributed by atoms with Gasteiger partial charge in [0.05, 0.1) is 36.3 Å². The van der Waals surface area contributed by atoms with E-state index in [0.29, 0.717) is 12.4 Å². The molecule has 28 heavy (non-hydrogen) atoms. The molecule has 2 N–H and O–H groups in total. The van der Waals surface area contributed by atoms with Crippen LogP contribution in [0.3, 0.4) is 0 Å². The van der Waals surface area contributed by atoms with Gasteiger partial charge in [-0.25, -0.2) is 15.0 Å². The van der Waals surface area contributed by atoms with E-state index in [4.69, 9.17) is 0 Å². The molecule has 1 fully saturated rings. The van der Waals surface area contributed by atoms with Crippen molar-refractivity contribution in [3.8, 4) is 0 Å². The number of amides is 1. The van der Waals surface area contributed by atoms with Gasteiger partial charge >= 0.3 is 0 Å². The lowest BCUT2D eigenvalue weighted by molar-refractivity contribution is -0.127. The maximum absolute atomic E-state index is 12.5. The Bertz CT molecular complexity index is 923. The monoisotopic (exact) mass is 375 g/mol. The van der Waals surface area contributed by atoms with E-state index < -0.39 is 0 Å². The maximum atomic E-state index is 12.5. The summed E-state index contributed by atoms with van der Waals surface area (Å²) in [5, 5.41) is 3.12. The molecule has 1 atom stereocenters. The van der Waals surface area contributed by atoms with Gasteiger partial charge in [0, 0.05) is 31.3 Å². The van der Waals surface area contributed by atoms with Crippen LogP contribution in [0.25, 0.3) is 6.08 Å². The number of likely N-dealkylation sites (tertiary alicyclic amines) is 1. The quantitative estimate of drug-likeness (QED) is 0.665. The van der Waals surface area contributed by atoms with Crippen molar-refractivity contribution in [1.82, 2.24) is 29.8 Å². The summed E-state index contributed by atoms with van der Waals surface area (Å²) in [5.41, 5.74) is 1.71. The predicted molar refractivity (Wildman–Crippen MR) is 106 cm³/mol. The molecule has 0 aromatic carbocycles. The molecular formula is C20H21N7O. The number of hydrogen-bond donors (Lipinski definition) is 2. The molecule has 8 nitrogen and oxygen atoms in total. The van der Waals surface area contributed by atoms with Crippen LogP contribution in [0.4, 0.5) is 11.6 Å². The van der Waals surface area contributed by atoms with Gasteiger partial charge in [-0.15, -0.1) is 0 Å². The van der Waals surface area contributed by atoms with Gasteiger partial charge < -0.3 is 15.2 Å². The number of aromatic nitrogens is 5. The molecule has 3 aromatic heterocycles. The van der Waals surface area contributed by atoms with Crippen molar-refractivity contribution >= 4 is 23.6 Å². The van der Waals surface area contributed by atoms with Crippen LogP contribution in [0.15, 0.2) is 55.4 Å². The first-order valence-corrected chi connectivity index (χ1v) is 9.23. The molecule has 3 aromatic rings. The summed E-state index contributed by atoms with van der Waals surface area (Å²) in [7, 11) is 0. The number of nitrogens with zero attached hydrogens (tertiary/aromatic N) is 5. The number of piperidine rings is 1. The fraction of sp³-hybridized carbons (Fsp3) is 0.250. The molecule has 4 heterocycles. The van der Waals surface area contributed by atoms with Crippen LogP contribution in [0.1, 0.15) is 30.1 Å². The fourth-order valence-electron chi connectivity index (χ4n) is 3.22. The van der Waals surface area contributed by atoms with E-state index in [1.807, 2.05) is 23.1 Å². The molecule has 8 heteroatoms. The van der Waals surface area contributed by atoms with Crippen molar-refractivity contribution in [1.29, 1.82) is 0 Å². The van der Waals surface area contributed by atoms with Crippen molar-refractivity contribution < 1.29 is 4.79 Å². The first-order valence-electron chi connectivity index (χ1n) is 9.23. The molecule has 0 saturated carbocycles. The number of H-pyrrole nitrogens is 1. The SMILES string of the molecule is O=C(/C=C/c1cnc[nH]1)N1CCCC(c2cnc(Nc3ccccn3)cn2)C1. The number of aromatic amines is 1. The minimum atomic E-state index is 0.000646. The number of anilines is 2. The zero-order valence-electron chi connectivity index (χ0n) is 15.3. The van der Waals surface area contributed by atoms with E-state index in [0.717, 1.165) is 36.6 Å². The lowest BCUT2D eigenvalue weighted by Gasteiger charge is -2.31. The van der Waals surface area contributed by atoms with Gasteiger partial charge in [-0.2, -0.15) is 0 Å². The Morgan fingerprint density at radius 3 is 2.89 bits per heavy atom. The predicted octanol–water partition coefficient (Wildman–Crippen LogP) is 2.76. The third-order valence-corrected chi connectivity index (χ3v) is 4.67. The Hall–Kier alpha value is -3.55. The summed E-state index contributed by atoms with van der Waals surface area (Å²) in [6.45, 7) is 1.41. The van der Waals surface area contributed by atoms with Crippen LogP contribution in [-0.4, -0.2) is 48.8 Å². The number of imidazole rings is 1. The lowest BCUT2D eigenvalue weighted by atomic mass is 9.95. The van der Waals surface area contributed by atoms with Crippen molar-refractivity contribution in [3.05, 3.63) is 66.8 Å². The summed E-state index contributed by atoms with van der Waals surface area (Å²) < 4.78 is 0. The second-order valence-corrected chi connectivity index (χ2v) is 6.63. The van der Waals surface area contributed by atoms with E-state index in [9.17, 15) is 4.79 Å². The molecule has 1 unspecified atom stereocenters. The largest absolute Gasteiger partial charge is 0.345 e. The summed E-state index contributed by atoms with van der Waals surface area (Å²) in [5.74, 6) is 1.56. The highest BCUT2D eigenvalue weighted by molar-refractivity contribution is 5.91. The van der Waals surface area contributed by atoms with E-state index in [-0.39, 0.29) is 11.8 Å². The smallest absolute Gasteiger partial charge is 0.246 e. The summed E-state index contributed by atoms with van der Waals surface area (Å²) in [6.07, 6.45) is 13.8. The molecule has 1 amide bonds. The highest BCUT2D eigenvalue weighted by Crippen LogP contribution is 2.26. The number of nitrogens with one attached hydrogen (secondary N) is 2. The molecule has 1 aliphatic rings. The van der Waals surface area contributed by atoms with Gasteiger partial charge in [-0.3, -0.25) is 9.78 Å². The Morgan fingerprint density at radius 2 is 2.14 bits per heavy atom. The number of carbonyl (C=O) groups is 1. The topological polar surface area (TPSA) is 99.7 Å². The van der Waals surface area contributed by atoms with Gasteiger partial charge in [-0.1, -0.05) is 6.07 Å². The van der Waals surface area contributed by atoms with Gasteiger partial charge in [0.15, 0.2) is 0 Å². The van der Waals surface area contributed by atoms with Crippen LogP contribution < -0.4 is 5.32 Å². The van der Waals surface area contributed by atoms with Gasteiger partial charge in [0.2, 0.25) is 5.91 Å². The minimum Gasteiger partial charge on any atom is -0.345 e. The molecule has 0 radical (unpaired) electrons. The van der Waals surface area contributed by atoms with E-state index >= 15 is 0 Å². The molecule has 1 saturated heterocycles. The number of rotatable bonds is 5. The number of hydrogen-bond acceptors (Lipinski definition) is 6. The second-order valence-electron chi connectivity index (χ2n) is 6.63. The Balaban J connectivity index is 1.38. The van der Waals surface area contributed by atoms with Crippen LogP contribution >= 0.6 is 0 Å². The third-order valence-electron chi connectivity index (χ3n) is 4.67. The zero-order chi connectivity index (χ0) is 19.2.